The summed E-state index contributed by atoms with van der Waals surface area (Å²) >= 11 is 0. The molecule has 22 rings (SSSR count). The molecule has 6 heteroatoms. The summed E-state index contributed by atoms with van der Waals surface area (Å²) in [5.41, 5.74) is 33.8. The lowest BCUT2D eigenvalue weighted by molar-refractivity contribution is 0.637. The van der Waals surface area contributed by atoms with Gasteiger partial charge in [0.15, 0.2) is 0 Å². The first-order valence-corrected chi connectivity index (χ1v) is 44.4. The van der Waals surface area contributed by atoms with Crippen LogP contribution in [0.4, 0.5) is 34.1 Å². The van der Waals surface area contributed by atoms with E-state index in [2.05, 4.69) is 534 Å². The molecule has 4 heterocycles. The van der Waals surface area contributed by atoms with Gasteiger partial charge in [-0.3, -0.25) is 0 Å². The number of hydrogen-bond acceptors (Lipinski definition) is 2. The molecule has 0 saturated carbocycles. The van der Waals surface area contributed by atoms with E-state index in [0.29, 0.717) is 0 Å². The topological polar surface area (TPSA) is 26.2 Å². The molecule has 4 aromatic heterocycles. The molecule has 0 aliphatic heterocycles. The summed E-state index contributed by atoms with van der Waals surface area (Å²) in [5, 5.41) is 10.1. The standard InChI is InChI=1S/C41H34N2.C41H36N2.C39H32N2/c1-27-17-20-38-34(23-27)35-24-28(2)18-21-39(35)43(38)32-19-22-40-36(26-32)33-15-8-9-16-37(33)42(40)31-14-10-13-30(25-31)41(3,4)29-11-6-5-7-12-29;1-29-18-22-32(23-19-29)42(33-24-20-30(2)21-25-33)34-26-27-39-36(28-34)35-14-8-10-16-38(35)43(39)40-17-11-9-15-37(40)41(3,4)31-12-6-5-7-13-31;1-39(2,29-16-6-3-7-17-29)35-23-13-15-25-38(35)41-36-24-14-12-22-33(36)34-28-32(26-27-37(34)41)40(30-18-8-4-9-19-30)31-20-10-5-11-21-31/h5-26H,1-4H3;5-28H,1-4H3;3-28H,1-2H3. The molecule has 0 unspecified atom stereocenters. The maximum absolute atomic E-state index is 2.45. The molecule has 616 valence electrons. The van der Waals surface area contributed by atoms with Crippen molar-refractivity contribution in [2.45, 2.75) is 85.5 Å². The Hall–Kier alpha value is -15.2. The van der Waals surface area contributed by atoms with Crippen LogP contribution < -0.4 is 9.80 Å². The highest BCUT2D eigenvalue weighted by Crippen LogP contribution is 2.47. The summed E-state index contributed by atoms with van der Waals surface area (Å²) in [5.74, 6) is 0. The number of anilines is 6. The summed E-state index contributed by atoms with van der Waals surface area (Å²) < 4.78 is 9.76. The lowest BCUT2D eigenvalue weighted by atomic mass is 9.77. The van der Waals surface area contributed by atoms with Crippen LogP contribution in [0.25, 0.3) is 110 Å². The van der Waals surface area contributed by atoms with Gasteiger partial charge in [0.25, 0.3) is 0 Å². The second-order valence-corrected chi connectivity index (χ2v) is 35.6. The van der Waals surface area contributed by atoms with E-state index in [1.165, 1.54) is 166 Å². The van der Waals surface area contributed by atoms with Gasteiger partial charge in [-0.1, -0.05) is 331 Å². The highest BCUT2D eigenvalue weighted by Gasteiger charge is 2.32. The maximum atomic E-state index is 2.45. The van der Waals surface area contributed by atoms with Crippen LogP contribution >= 0.6 is 0 Å². The summed E-state index contributed by atoms with van der Waals surface area (Å²) in [4.78, 5) is 4.69. The van der Waals surface area contributed by atoms with Gasteiger partial charge in [0.2, 0.25) is 0 Å². The number of rotatable bonds is 16. The lowest BCUT2D eigenvalue weighted by Crippen LogP contribution is -2.21. The monoisotopic (exact) mass is 1640 g/mol. The zero-order valence-electron chi connectivity index (χ0n) is 73.8. The number of hydrogen-bond donors (Lipinski definition) is 0. The highest BCUT2D eigenvalue weighted by molar-refractivity contribution is 6.15. The van der Waals surface area contributed by atoms with Gasteiger partial charge in [-0.25, -0.2) is 0 Å². The van der Waals surface area contributed by atoms with Crippen molar-refractivity contribution in [2.24, 2.45) is 0 Å². The van der Waals surface area contributed by atoms with E-state index in [0.717, 1.165) is 34.1 Å². The second kappa shape index (κ2) is 33.1. The Labute approximate surface area is 745 Å². The van der Waals surface area contributed by atoms with E-state index in [1.807, 2.05) is 0 Å². The van der Waals surface area contributed by atoms with E-state index in [-0.39, 0.29) is 16.2 Å². The van der Waals surface area contributed by atoms with Gasteiger partial charge in [0.1, 0.15) is 0 Å². The van der Waals surface area contributed by atoms with E-state index >= 15 is 0 Å². The van der Waals surface area contributed by atoms with Crippen molar-refractivity contribution in [1.82, 2.24) is 18.3 Å². The Morgan fingerprint density at radius 2 is 0.449 bits per heavy atom. The summed E-state index contributed by atoms with van der Waals surface area (Å²) in [7, 11) is 0. The third-order valence-electron chi connectivity index (χ3n) is 26.4. The molecule has 0 aliphatic rings. The number of para-hydroxylation sites is 7. The maximum Gasteiger partial charge on any atom is 0.0542 e. The molecule has 18 aromatic carbocycles. The fourth-order valence-electron chi connectivity index (χ4n) is 19.5. The Morgan fingerprint density at radius 1 is 0.173 bits per heavy atom. The van der Waals surface area contributed by atoms with Crippen LogP contribution in [0.3, 0.4) is 0 Å². The number of aryl methyl sites for hydroxylation is 4. The first-order chi connectivity index (χ1) is 61.9. The average molecular weight is 1640 g/mol. The second-order valence-electron chi connectivity index (χ2n) is 35.6. The van der Waals surface area contributed by atoms with Crippen molar-refractivity contribution < 1.29 is 0 Å². The predicted octanol–water partition coefficient (Wildman–Crippen LogP) is 32.6. The minimum absolute atomic E-state index is 0.115. The molecule has 0 saturated heterocycles. The fourth-order valence-corrected chi connectivity index (χ4v) is 19.5. The number of fused-ring (bicyclic) bond motifs is 12. The highest BCUT2D eigenvalue weighted by atomic mass is 15.2. The average Bonchev–Trinajstić information content (AvgIpc) is 1.59. The Kier molecular flexibility index (Phi) is 20.9. The number of aromatic nitrogens is 4. The fraction of sp³-hybridized carbons (Fsp3) is 0.107. The van der Waals surface area contributed by atoms with Crippen molar-refractivity contribution in [3.63, 3.8) is 0 Å². The van der Waals surface area contributed by atoms with Crippen LogP contribution in [0.2, 0.25) is 0 Å². The van der Waals surface area contributed by atoms with Gasteiger partial charge in [-0.2, -0.15) is 0 Å². The third kappa shape index (κ3) is 14.7. The van der Waals surface area contributed by atoms with Crippen LogP contribution in [0, 0.1) is 27.7 Å². The summed E-state index contributed by atoms with van der Waals surface area (Å²) in [6, 6.07) is 159. The zero-order valence-corrected chi connectivity index (χ0v) is 73.8. The molecule has 0 atom stereocenters. The van der Waals surface area contributed by atoms with Gasteiger partial charge < -0.3 is 28.1 Å². The largest absolute Gasteiger partial charge is 0.310 e. The minimum Gasteiger partial charge on any atom is -0.310 e. The van der Waals surface area contributed by atoms with E-state index < -0.39 is 0 Å². The van der Waals surface area contributed by atoms with Crippen molar-refractivity contribution in [1.29, 1.82) is 0 Å². The van der Waals surface area contributed by atoms with Crippen LogP contribution in [-0.2, 0) is 16.2 Å². The quantitative estimate of drug-likeness (QED) is 0.0964. The van der Waals surface area contributed by atoms with Crippen LogP contribution in [-0.4, -0.2) is 18.3 Å². The third-order valence-corrected chi connectivity index (χ3v) is 26.4. The molecule has 0 N–H and O–H groups in total. The van der Waals surface area contributed by atoms with E-state index in [9.17, 15) is 0 Å². The Morgan fingerprint density at radius 3 is 0.866 bits per heavy atom. The molecular weight excluding hydrogens is 1540 g/mol. The Balaban J connectivity index is 0.000000120. The van der Waals surface area contributed by atoms with Crippen LogP contribution in [0.5, 0.6) is 0 Å². The molecule has 0 fully saturated rings. The molecule has 22 aromatic rings. The number of nitrogens with zero attached hydrogens (tertiary/aromatic N) is 6. The van der Waals surface area contributed by atoms with Gasteiger partial charge in [0.05, 0.1) is 55.5 Å². The summed E-state index contributed by atoms with van der Waals surface area (Å²) in [6.07, 6.45) is 0. The molecule has 6 nitrogen and oxygen atoms in total. The first kappa shape index (κ1) is 80.2. The van der Waals surface area contributed by atoms with Gasteiger partial charge in [-0.15, -0.1) is 0 Å². The smallest absolute Gasteiger partial charge is 0.0542 e. The predicted molar refractivity (Wildman–Crippen MR) is 541 cm³/mol. The minimum atomic E-state index is -0.177. The molecule has 0 aliphatic carbocycles. The summed E-state index contributed by atoms with van der Waals surface area (Å²) in [6.45, 7) is 22.6. The van der Waals surface area contributed by atoms with Crippen molar-refractivity contribution >= 4 is 121 Å². The normalized spacial score (nSPS) is 11.9. The van der Waals surface area contributed by atoms with Crippen molar-refractivity contribution in [3.05, 3.63) is 492 Å². The van der Waals surface area contributed by atoms with E-state index in [1.54, 1.807) is 0 Å². The molecular formula is C121H102N6. The lowest BCUT2D eigenvalue weighted by Gasteiger charge is -2.29. The zero-order chi connectivity index (χ0) is 86.7. The van der Waals surface area contributed by atoms with Crippen molar-refractivity contribution in [3.8, 4) is 22.7 Å². The Bertz CT molecular complexity index is 7660. The van der Waals surface area contributed by atoms with Gasteiger partial charge in [0, 0.05) is 105 Å². The van der Waals surface area contributed by atoms with Gasteiger partial charge >= 0.3 is 0 Å². The molecule has 127 heavy (non-hydrogen) atoms. The molecule has 0 amide bonds. The van der Waals surface area contributed by atoms with Crippen LogP contribution in [0.15, 0.2) is 437 Å². The molecule has 0 spiro atoms. The first-order valence-electron chi connectivity index (χ1n) is 44.4. The molecule has 0 radical (unpaired) electrons. The van der Waals surface area contributed by atoms with E-state index in [4.69, 9.17) is 0 Å². The van der Waals surface area contributed by atoms with Gasteiger partial charge in [-0.05, 0) is 231 Å². The SMILES string of the molecule is CC(C)(c1ccccc1)c1ccccc1-n1c2ccccc2c2cc(N(c3ccccc3)c3ccccc3)ccc21.Cc1ccc(N(c2ccc(C)cc2)c2ccc3c(c2)c2ccccc2n3-c2ccccc2C(C)(C)c2ccccc2)cc1.Cc1ccc2c(c1)c1cc(C)ccc1n2-c1ccc2c(c1)c1ccccc1n2-c1cccc(C(C)(C)c2ccccc2)c1. The molecule has 0 bridgehead atoms. The van der Waals surface area contributed by atoms with Crippen LogP contribution in [0.1, 0.15) is 97.2 Å². The number of benzene rings is 18. The van der Waals surface area contributed by atoms with Crippen molar-refractivity contribution in [2.75, 3.05) is 9.80 Å².